The molecule has 0 radical (unpaired) electrons. The molecule has 2 aromatic carbocycles. The van der Waals surface area contributed by atoms with Crippen molar-refractivity contribution >= 4 is 64.1 Å². The van der Waals surface area contributed by atoms with Gasteiger partial charge in [0, 0.05) is 67.4 Å². The second kappa shape index (κ2) is 20.4. The molecule has 2 fully saturated rings. The van der Waals surface area contributed by atoms with Crippen LogP contribution in [0, 0.1) is 23.2 Å². The van der Waals surface area contributed by atoms with Crippen LogP contribution in [-0.4, -0.2) is 108 Å². The predicted octanol–water partition coefficient (Wildman–Crippen LogP) is 7.93. The number of ether oxygens (including phenoxy) is 2. The molecule has 15 nitrogen and oxygen atoms in total. The zero-order chi connectivity index (χ0) is 49.1. The number of hydrogen-bond acceptors (Lipinski definition) is 10. The average molecular weight is 951 g/mol. The maximum absolute atomic E-state index is 14.0. The number of amides is 5. The summed E-state index contributed by atoms with van der Waals surface area (Å²) in [7, 11) is 1.21. The number of piperazine rings is 1. The van der Waals surface area contributed by atoms with Crippen molar-refractivity contribution in [2.75, 3.05) is 43.5 Å². The van der Waals surface area contributed by atoms with Gasteiger partial charge in [-0.05, 0) is 72.9 Å². The Labute approximate surface area is 393 Å². The fraction of sp³-hybridized carbons (Fsp3) is 0.479. The third-order valence-corrected chi connectivity index (χ3v) is 12.7. The van der Waals surface area contributed by atoms with Gasteiger partial charge in [0.2, 0.25) is 17.7 Å². The van der Waals surface area contributed by atoms with Crippen molar-refractivity contribution in [2.24, 2.45) is 33.9 Å². The number of carbonyl (C=O) groups is 5. The number of nitrogens with two attached hydrogens (primary N) is 1. The van der Waals surface area contributed by atoms with Crippen LogP contribution in [0.15, 0.2) is 65.9 Å². The Balaban J connectivity index is 1.20. The van der Waals surface area contributed by atoms with E-state index in [0.29, 0.717) is 49.6 Å². The summed E-state index contributed by atoms with van der Waals surface area (Å²) in [6, 6.07) is 10.8. The van der Waals surface area contributed by atoms with Gasteiger partial charge in [-0.2, -0.15) is 0 Å². The number of halogens is 4. The molecule has 5 atom stereocenters. The van der Waals surface area contributed by atoms with Gasteiger partial charge in [0.1, 0.15) is 17.6 Å². The normalized spacial score (nSPS) is 20.6. The molecular weight excluding hydrogens is 893 g/mol. The third-order valence-electron chi connectivity index (χ3n) is 12.4. The number of aromatic nitrogens is 1. The van der Waals surface area contributed by atoms with Crippen LogP contribution in [0.3, 0.4) is 0 Å². The lowest BCUT2D eigenvalue weighted by molar-refractivity contribution is -0.274. The summed E-state index contributed by atoms with van der Waals surface area (Å²) in [6.07, 6.45) is -1.29. The maximum atomic E-state index is 14.0. The number of nitrogens with one attached hydrogen (secondary N) is 2. The molecule has 360 valence electrons. The first-order valence-corrected chi connectivity index (χ1v) is 22.6. The highest BCUT2D eigenvalue weighted by Gasteiger charge is 2.44. The molecule has 2 saturated heterocycles. The lowest BCUT2D eigenvalue weighted by Gasteiger charge is -2.42. The predicted molar refractivity (Wildman–Crippen MR) is 249 cm³/mol. The van der Waals surface area contributed by atoms with E-state index in [1.165, 1.54) is 19.4 Å². The quantitative estimate of drug-likeness (QED) is 0.172. The summed E-state index contributed by atoms with van der Waals surface area (Å²) < 4.78 is 50.8. The number of hydrogen-bond donors (Lipinski definition) is 3. The Morgan fingerprint density at radius 3 is 2.22 bits per heavy atom. The number of likely N-dealkylation sites (tertiary alicyclic amines) is 1. The van der Waals surface area contributed by atoms with Crippen LogP contribution in [0.1, 0.15) is 83.7 Å². The van der Waals surface area contributed by atoms with E-state index in [9.17, 15) is 37.1 Å². The lowest BCUT2D eigenvalue weighted by Crippen LogP contribution is -2.56. The number of allylic oxidation sites excluding steroid dienone is 1. The number of nitrogens with zero attached hydrogens (tertiary/aromatic N) is 5. The molecule has 3 aliphatic heterocycles. The van der Waals surface area contributed by atoms with E-state index in [4.69, 9.17) is 27.1 Å². The van der Waals surface area contributed by atoms with Crippen LogP contribution in [-0.2, 0) is 19.1 Å². The largest absolute Gasteiger partial charge is 0.573 e. The summed E-state index contributed by atoms with van der Waals surface area (Å²) in [4.78, 5) is 79.6. The Morgan fingerprint density at radius 1 is 0.955 bits per heavy atom. The summed E-state index contributed by atoms with van der Waals surface area (Å²) in [5.74, 6) is -2.52. The minimum absolute atomic E-state index is 0.0245. The number of alkyl halides is 3. The fourth-order valence-electron chi connectivity index (χ4n) is 8.73. The molecule has 0 bridgehead atoms. The highest BCUT2D eigenvalue weighted by atomic mass is 35.5. The molecule has 0 saturated carbocycles. The van der Waals surface area contributed by atoms with E-state index in [1.807, 2.05) is 44.4 Å². The standard InChI is InChI=1S/C48H58ClF3N8O7/c1-26(2)40(57-46(65)66-8)44(63)60-25-33(42(53)61)19-37(60)41-27(3)9-10-31(22-55-41)29-11-13-30(14-12-29)34-20-35(49)36(21-38(34)67-48(50,51)52)56-43(62)32-15-16-39(54-23-32)59-18-17-58(24-28(59)4)45(64)47(5,6)7/h11-16,20-23,26-28,33,37,40H,9-10,17-19,24-25H2,1-8H3,(H2,53,61)(H,56,62)(H,57,65). The first-order valence-electron chi connectivity index (χ1n) is 22.2. The fourth-order valence-corrected chi connectivity index (χ4v) is 8.94. The second-order valence-electron chi connectivity index (χ2n) is 18.7. The number of anilines is 2. The maximum Gasteiger partial charge on any atom is 0.573 e. The van der Waals surface area contributed by atoms with E-state index >= 15 is 0 Å². The van der Waals surface area contributed by atoms with Crippen molar-refractivity contribution in [2.45, 2.75) is 92.2 Å². The topological polar surface area (TPSA) is 189 Å². The van der Waals surface area contributed by atoms with Crippen LogP contribution in [0.5, 0.6) is 5.75 Å². The zero-order valence-electron chi connectivity index (χ0n) is 38.9. The van der Waals surface area contributed by atoms with Gasteiger partial charge in [-0.3, -0.25) is 24.2 Å². The molecule has 1 aromatic heterocycles. The molecule has 4 N–H and O–H groups in total. The highest BCUT2D eigenvalue weighted by molar-refractivity contribution is 6.34. The van der Waals surface area contributed by atoms with Gasteiger partial charge in [-0.15, -0.1) is 13.2 Å². The number of aliphatic imine (C=N–C) groups is 1. The molecule has 19 heteroatoms. The molecule has 0 spiro atoms. The van der Waals surface area contributed by atoms with Crippen LogP contribution < -0.4 is 26.0 Å². The molecule has 5 amide bonds. The van der Waals surface area contributed by atoms with Gasteiger partial charge in [0.15, 0.2) is 0 Å². The van der Waals surface area contributed by atoms with Crippen LogP contribution in [0.2, 0.25) is 5.02 Å². The van der Waals surface area contributed by atoms with Crippen molar-refractivity contribution in [3.05, 3.63) is 77.1 Å². The molecule has 67 heavy (non-hydrogen) atoms. The Bertz CT molecular complexity index is 2420. The van der Waals surface area contributed by atoms with E-state index in [2.05, 4.69) is 20.4 Å². The molecule has 0 aliphatic carbocycles. The van der Waals surface area contributed by atoms with E-state index < -0.39 is 53.4 Å². The van der Waals surface area contributed by atoms with Gasteiger partial charge in [-0.25, -0.2) is 9.78 Å². The van der Waals surface area contributed by atoms with Gasteiger partial charge in [-0.1, -0.05) is 77.4 Å². The molecule has 5 unspecified atom stereocenters. The molecular formula is C48H58ClF3N8O7. The number of alkyl carbamates (subject to hydrolysis) is 1. The summed E-state index contributed by atoms with van der Waals surface area (Å²) in [5.41, 5.74) is 7.90. The second-order valence-corrected chi connectivity index (χ2v) is 19.1. The van der Waals surface area contributed by atoms with Gasteiger partial charge < -0.3 is 40.5 Å². The third kappa shape index (κ3) is 11.9. The van der Waals surface area contributed by atoms with Crippen molar-refractivity contribution in [3.8, 4) is 16.9 Å². The molecule has 4 heterocycles. The Kier molecular flexibility index (Phi) is 15.3. The summed E-state index contributed by atoms with van der Waals surface area (Å²) in [6.45, 7) is 14.9. The van der Waals surface area contributed by atoms with Crippen LogP contribution in [0.25, 0.3) is 16.7 Å². The van der Waals surface area contributed by atoms with Gasteiger partial charge in [0.25, 0.3) is 5.91 Å². The number of methoxy groups -OCH3 is 1. The first-order chi connectivity index (χ1) is 31.4. The average Bonchev–Trinajstić information content (AvgIpc) is 3.62. The van der Waals surface area contributed by atoms with Crippen molar-refractivity contribution in [1.29, 1.82) is 0 Å². The Hall–Kier alpha value is -6.17. The smallest absolute Gasteiger partial charge is 0.453 e. The monoisotopic (exact) mass is 950 g/mol. The van der Waals surface area contributed by atoms with Crippen molar-refractivity contribution < 1.29 is 46.6 Å². The molecule has 3 aliphatic rings. The van der Waals surface area contributed by atoms with E-state index in [0.717, 1.165) is 17.2 Å². The minimum Gasteiger partial charge on any atom is -0.453 e. The van der Waals surface area contributed by atoms with Gasteiger partial charge in [0.05, 0.1) is 35.3 Å². The number of rotatable bonds is 11. The molecule has 3 aromatic rings. The highest BCUT2D eigenvalue weighted by Crippen LogP contribution is 2.41. The zero-order valence-corrected chi connectivity index (χ0v) is 39.6. The van der Waals surface area contributed by atoms with E-state index in [1.54, 1.807) is 61.3 Å². The summed E-state index contributed by atoms with van der Waals surface area (Å²) in [5, 5.41) is 5.16. The van der Waals surface area contributed by atoms with E-state index in [-0.39, 0.29) is 64.5 Å². The minimum atomic E-state index is -5.08. The number of benzene rings is 2. The number of pyridine rings is 1. The summed E-state index contributed by atoms with van der Waals surface area (Å²) >= 11 is 6.63. The van der Waals surface area contributed by atoms with Crippen molar-refractivity contribution in [3.63, 3.8) is 0 Å². The Morgan fingerprint density at radius 2 is 1.64 bits per heavy atom. The van der Waals surface area contributed by atoms with Crippen molar-refractivity contribution in [1.82, 2.24) is 20.1 Å². The van der Waals surface area contributed by atoms with Crippen LogP contribution in [0.4, 0.5) is 29.5 Å². The SMILES string of the molecule is COC(=O)NC(C(=O)N1CC(C(N)=O)CC1C1=NC=C(c2ccc(-c3cc(Cl)c(NC(=O)c4ccc(N5CCN(C(=O)C(C)(C)C)CC5C)nc4)cc3OC(F)(F)F)cc2)CCC1C)C(C)C. The van der Waals surface area contributed by atoms with Crippen LogP contribution >= 0.6 is 11.6 Å². The van der Waals surface area contributed by atoms with Gasteiger partial charge >= 0.3 is 12.5 Å². The lowest BCUT2D eigenvalue weighted by atomic mass is 9.89. The first kappa shape index (κ1) is 50.2. The number of primary amides is 1. The molecule has 6 rings (SSSR count). The number of carbonyl (C=O) groups excluding carboxylic acids is 5.